The molecule has 10 nitrogen and oxygen atoms in total. The van der Waals surface area contributed by atoms with E-state index < -0.39 is 29.6 Å². The molecule has 0 bridgehead atoms. The molecule has 1 aliphatic heterocycles. The van der Waals surface area contributed by atoms with Crippen LogP contribution in [0.4, 0.5) is 0 Å². The second-order valence-electron chi connectivity index (χ2n) is 8.75. The number of ether oxygens (including phenoxy) is 3. The standard InChI is InChI=1S/C22H35N3O7/c1-6-31-20(28)18-14(2)19(21(29)32-22(3,4)5)24-16(18)11-17(27)23-12-15(26)13-25-7-9-30-10-8-25/h15,24,26H,6-13H2,1-5H3,(H,23,27)/t15-/m0/s1. The predicted molar refractivity (Wildman–Crippen MR) is 117 cm³/mol. The average molecular weight is 454 g/mol. The van der Waals surface area contributed by atoms with Crippen LogP contribution in [0.1, 0.15) is 59.8 Å². The molecule has 0 spiro atoms. The van der Waals surface area contributed by atoms with Gasteiger partial charge in [-0.25, -0.2) is 9.59 Å². The number of aliphatic hydroxyl groups excluding tert-OH is 1. The first-order chi connectivity index (χ1) is 15.0. The normalized spacial score (nSPS) is 15.8. The predicted octanol–water partition coefficient (Wildman–Crippen LogP) is 0.807. The van der Waals surface area contributed by atoms with Crippen LogP contribution < -0.4 is 5.32 Å². The van der Waals surface area contributed by atoms with Crippen LogP contribution in [0.3, 0.4) is 0 Å². The van der Waals surface area contributed by atoms with Gasteiger partial charge >= 0.3 is 11.9 Å². The summed E-state index contributed by atoms with van der Waals surface area (Å²) in [6.07, 6.45) is -0.911. The first-order valence-electron chi connectivity index (χ1n) is 10.9. The van der Waals surface area contributed by atoms with Gasteiger partial charge in [0.2, 0.25) is 5.91 Å². The molecule has 0 aliphatic carbocycles. The van der Waals surface area contributed by atoms with Gasteiger partial charge in [-0.05, 0) is 40.2 Å². The lowest BCUT2D eigenvalue weighted by atomic mass is 10.1. The lowest BCUT2D eigenvalue weighted by Gasteiger charge is -2.28. The van der Waals surface area contributed by atoms with Gasteiger partial charge in [0, 0.05) is 31.9 Å². The summed E-state index contributed by atoms with van der Waals surface area (Å²) < 4.78 is 15.8. The molecular formula is C22H35N3O7. The maximum Gasteiger partial charge on any atom is 0.355 e. The van der Waals surface area contributed by atoms with Crippen molar-refractivity contribution in [3.8, 4) is 0 Å². The minimum atomic E-state index is -0.732. The van der Waals surface area contributed by atoms with Gasteiger partial charge in [-0.15, -0.1) is 0 Å². The lowest BCUT2D eigenvalue weighted by molar-refractivity contribution is -0.121. The summed E-state index contributed by atoms with van der Waals surface area (Å²) in [7, 11) is 0. The average Bonchev–Trinajstić information content (AvgIpc) is 3.02. The number of nitrogens with one attached hydrogen (secondary N) is 2. The first-order valence-corrected chi connectivity index (χ1v) is 10.9. The third-order valence-corrected chi connectivity index (χ3v) is 4.86. The largest absolute Gasteiger partial charge is 0.462 e. The quantitative estimate of drug-likeness (QED) is 0.468. The zero-order valence-electron chi connectivity index (χ0n) is 19.6. The highest BCUT2D eigenvalue weighted by molar-refractivity contribution is 5.99. The van der Waals surface area contributed by atoms with Crippen LogP contribution in [0.5, 0.6) is 0 Å². The zero-order chi connectivity index (χ0) is 23.9. The number of carbonyl (C=O) groups excluding carboxylic acids is 3. The number of morpholine rings is 1. The van der Waals surface area contributed by atoms with Crippen LogP contribution in [0.2, 0.25) is 0 Å². The summed E-state index contributed by atoms with van der Waals surface area (Å²) in [5.41, 5.74) is 0.178. The third-order valence-electron chi connectivity index (χ3n) is 4.86. The lowest BCUT2D eigenvalue weighted by Crippen LogP contribution is -2.44. The molecule has 1 saturated heterocycles. The number of hydrogen-bond donors (Lipinski definition) is 3. The van der Waals surface area contributed by atoms with Crippen molar-refractivity contribution in [1.29, 1.82) is 0 Å². The Bertz CT molecular complexity index is 807. The number of β-amino-alcohol motifs (C(OH)–C–C–N with tert-alkyl or cyclic N) is 1. The Labute approximate surface area is 188 Å². The van der Waals surface area contributed by atoms with Crippen LogP contribution in [-0.2, 0) is 25.4 Å². The highest BCUT2D eigenvalue weighted by Crippen LogP contribution is 2.23. The molecule has 3 N–H and O–H groups in total. The third kappa shape index (κ3) is 7.61. The van der Waals surface area contributed by atoms with Crippen molar-refractivity contribution in [2.75, 3.05) is 46.0 Å². The Balaban J connectivity index is 2.07. The molecule has 2 heterocycles. The number of aliphatic hydroxyl groups is 1. The smallest absolute Gasteiger partial charge is 0.355 e. The van der Waals surface area contributed by atoms with E-state index in [2.05, 4.69) is 15.2 Å². The van der Waals surface area contributed by atoms with Crippen LogP contribution >= 0.6 is 0 Å². The van der Waals surface area contributed by atoms with E-state index in [1.54, 1.807) is 34.6 Å². The minimum absolute atomic E-state index is 0.0730. The molecule has 2 rings (SSSR count). The fourth-order valence-electron chi connectivity index (χ4n) is 3.40. The molecule has 1 fully saturated rings. The maximum absolute atomic E-state index is 12.6. The van der Waals surface area contributed by atoms with Gasteiger partial charge in [0.15, 0.2) is 0 Å². The van der Waals surface area contributed by atoms with E-state index in [1.807, 2.05) is 0 Å². The van der Waals surface area contributed by atoms with Crippen LogP contribution in [0.15, 0.2) is 0 Å². The maximum atomic E-state index is 12.6. The minimum Gasteiger partial charge on any atom is -0.462 e. The molecule has 1 atom stereocenters. The number of esters is 2. The molecule has 1 aliphatic rings. The van der Waals surface area contributed by atoms with Crippen molar-refractivity contribution < 1.29 is 33.7 Å². The second-order valence-corrected chi connectivity index (χ2v) is 8.75. The van der Waals surface area contributed by atoms with Crippen molar-refractivity contribution in [1.82, 2.24) is 15.2 Å². The number of H-pyrrole nitrogens is 1. The van der Waals surface area contributed by atoms with E-state index in [-0.39, 0.29) is 36.5 Å². The molecule has 0 saturated carbocycles. The molecule has 0 aromatic carbocycles. The number of nitrogens with zero attached hydrogens (tertiary/aromatic N) is 1. The van der Waals surface area contributed by atoms with Gasteiger partial charge in [0.05, 0.1) is 37.9 Å². The van der Waals surface area contributed by atoms with Crippen LogP contribution in [-0.4, -0.2) is 90.5 Å². The molecule has 180 valence electrons. The summed E-state index contributed by atoms with van der Waals surface area (Å²) in [6, 6.07) is 0. The monoisotopic (exact) mass is 453 g/mol. The molecular weight excluding hydrogens is 418 g/mol. The van der Waals surface area contributed by atoms with E-state index in [9.17, 15) is 19.5 Å². The van der Waals surface area contributed by atoms with Crippen LogP contribution in [0, 0.1) is 6.92 Å². The number of hydrogen-bond acceptors (Lipinski definition) is 8. The Morgan fingerprint density at radius 2 is 1.88 bits per heavy atom. The van der Waals surface area contributed by atoms with Crippen molar-refractivity contribution in [3.63, 3.8) is 0 Å². The highest BCUT2D eigenvalue weighted by Gasteiger charge is 2.29. The summed E-state index contributed by atoms with van der Waals surface area (Å²) >= 11 is 0. The van der Waals surface area contributed by atoms with Crippen molar-refractivity contribution in [3.05, 3.63) is 22.5 Å². The summed E-state index contributed by atoms with van der Waals surface area (Å²) in [4.78, 5) is 42.5. The first kappa shape index (κ1) is 25.8. The fourth-order valence-corrected chi connectivity index (χ4v) is 3.40. The number of carbonyl (C=O) groups is 3. The molecule has 1 amide bonds. The Morgan fingerprint density at radius 1 is 1.22 bits per heavy atom. The molecule has 10 heteroatoms. The zero-order valence-corrected chi connectivity index (χ0v) is 19.6. The SMILES string of the molecule is CCOC(=O)c1c(CC(=O)NC[C@H](O)CN2CCOCC2)[nH]c(C(=O)OC(C)(C)C)c1C. The van der Waals surface area contributed by atoms with E-state index >= 15 is 0 Å². The van der Waals surface area contributed by atoms with E-state index in [1.165, 1.54) is 0 Å². The molecule has 32 heavy (non-hydrogen) atoms. The van der Waals surface area contributed by atoms with Crippen molar-refractivity contribution >= 4 is 17.8 Å². The van der Waals surface area contributed by atoms with Gasteiger partial charge in [-0.1, -0.05) is 0 Å². The summed E-state index contributed by atoms with van der Waals surface area (Å²) in [5.74, 6) is -1.63. The van der Waals surface area contributed by atoms with Gasteiger partial charge in [0.25, 0.3) is 0 Å². The van der Waals surface area contributed by atoms with Gasteiger partial charge in [-0.3, -0.25) is 9.69 Å². The Morgan fingerprint density at radius 3 is 2.47 bits per heavy atom. The van der Waals surface area contributed by atoms with Gasteiger partial charge in [0.1, 0.15) is 11.3 Å². The molecule has 0 unspecified atom stereocenters. The van der Waals surface area contributed by atoms with Gasteiger partial charge < -0.3 is 29.6 Å². The Kier molecular flexibility index (Phi) is 9.23. The highest BCUT2D eigenvalue weighted by atomic mass is 16.6. The Hall–Kier alpha value is -2.43. The fraction of sp³-hybridized carbons (Fsp3) is 0.682. The van der Waals surface area contributed by atoms with E-state index in [0.717, 1.165) is 13.1 Å². The number of aromatic amines is 1. The molecule has 1 aromatic rings. The number of rotatable bonds is 9. The molecule has 1 aromatic heterocycles. The van der Waals surface area contributed by atoms with Crippen molar-refractivity contribution in [2.45, 2.75) is 52.7 Å². The van der Waals surface area contributed by atoms with E-state index in [0.29, 0.717) is 25.3 Å². The van der Waals surface area contributed by atoms with Gasteiger partial charge in [-0.2, -0.15) is 0 Å². The summed E-state index contributed by atoms with van der Waals surface area (Å²) in [5, 5.41) is 12.9. The van der Waals surface area contributed by atoms with E-state index in [4.69, 9.17) is 14.2 Å². The topological polar surface area (TPSA) is 130 Å². The van der Waals surface area contributed by atoms with Crippen molar-refractivity contribution in [2.24, 2.45) is 0 Å². The molecule has 0 radical (unpaired) electrons. The number of aromatic nitrogens is 1. The summed E-state index contributed by atoms with van der Waals surface area (Å²) in [6.45, 7) is 11.9. The van der Waals surface area contributed by atoms with Crippen LogP contribution in [0.25, 0.3) is 0 Å². The number of amides is 1. The second kappa shape index (κ2) is 11.4.